The fourth-order valence-electron chi connectivity index (χ4n) is 5.96. The SMILES string of the molecule is CCCCCCCC1(C2CCC(C#N)(CCCC)CC2)C=CC(c2ccccc2)=CC1. The smallest absolute Gasteiger partial charge is 0.0689 e. The fraction of sp³-hybridized carbons (Fsp3) is 0.633. The maximum Gasteiger partial charge on any atom is 0.0689 e. The molecular formula is C30H43N. The monoisotopic (exact) mass is 417 g/mol. The van der Waals surface area contributed by atoms with Crippen LogP contribution in [0.15, 0.2) is 48.6 Å². The molecule has 0 aliphatic heterocycles. The summed E-state index contributed by atoms with van der Waals surface area (Å²) in [5, 5.41) is 9.94. The van der Waals surface area contributed by atoms with Gasteiger partial charge in [-0.25, -0.2) is 0 Å². The van der Waals surface area contributed by atoms with Crippen molar-refractivity contribution in [3.05, 3.63) is 54.1 Å². The minimum absolute atomic E-state index is 0.0434. The zero-order chi connectivity index (χ0) is 22.0. The van der Waals surface area contributed by atoms with E-state index in [4.69, 9.17) is 0 Å². The highest BCUT2D eigenvalue weighted by atomic mass is 14.5. The molecule has 1 aromatic rings. The molecule has 3 rings (SSSR count). The summed E-state index contributed by atoms with van der Waals surface area (Å²) in [5.41, 5.74) is 2.98. The van der Waals surface area contributed by atoms with E-state index < -0.39 is 0 Å². The van der Waals surface area contributed by atoms with Crippen molar-refractivity contribution < 1.29 is 0 Å². The van der Waals surface area contributed by atoms with Crippen molar-refractivity contribution in [2.24, 2.45) is 16.7 Å². The lowest BCUT2D eigenvalue weighted by Crippen LogP contribution is -2.36. The number of allylic oxidation sites excluding steroid dienone is 4. The van der Waals surface area contributed by atoms with E-state index in [0.717, 1.165) is 25.2 Å². The Balaban J connectivity index is 1.70. The number of benzene rings is 1. The molecule has 0 spiro atoms. The molecule has 1 fully saturated rings. The summed E-state index contributed by atoms with van der Waals surface area (Å²) in [4.78, 5) is 0. The van der Waals surface area contributed by atoms with Gasteiger partial charge in [0.15, 0.2) is 0 Å². The van der Waals surface area contributed by atoms with Crippen LogP contribution in [-0.2, 0) is 0 Å². The Labute approximate surface area is 191 Å². The largest absolute Gasteiger partial charge is 0.198 e. The van der Waals surface area contributed by atoms with Crippen molar-refractivity contribution in [1.82, 2.24) is 0 Å². The number of rotatable bonds is 11. The summed E-state index contributed by atoms with van der Waals surface area (Å²) in [6, 6.07) is 13.6. The van der Waals surface area contributed by atoms with Crippen LogP contribution in [0.4, 0.5) is 0 Å². The summed E-state index contributed by atoms with van der Waals surface area (Å²) in [6.45, 7) is 4.54. The van der Waals surface area contributed by atoms with Gasteiger partial charge in [-0.15, -0.1) is 0 Å². The second-order valence-corrected chi connectivity index (χ2v) is 10.2. The number of hydrogen-bond donors (Lipinski definition) is 0. The van der Waals surface area contributed by atoms with E-state index in [-0.39, 0.29) is 5.41 Å². The normalized spacial score (nSPS) is 28.2. The predicted molar refractivity (Wildman–Crippen MR) is 134 cm³/mol. The molecule has 1 heteroatoms. The number of hydrogen-bond acceptors (Lipinski definition) is 1. The molecule has 0 radical (unpaired) electrons. The Morgan fingerprint density at radius 3 is 2.23 bits per heavy atom. The van der Waals surface area contributed by atoms with Gasteiger partial charge < -0.3 is 0 Å². The molecule has 31 heavy (non-hydrogen) atoms. The molecule has 2 aliphatic rings. The van der Waals surface area contributed by atoms with E-state index in [9.17, 15) is 5.26 Å². The van der Waals surface area contributed by atoms with Crippen LogP contribution >= 0.6 is 0 Å². The van der Waals surface area contributed by atoms with Crippen LogP contribution in [0.2, 0.25) is 0 Å². The summed E-state index contributed by atoms with van der Waals surface area (Å²) >= 11 is 0. The van der Waals surface area contributed by atoms with E-state index >= 15 is 0 Å². The quantitative estimate of drug-likeness (QED) is 0.329. The van der Waals surface area contributed by atoms with Gasteiger partial charge in [0, 0.05) is 0 Å². The Morgan fingerprint density at radius 2 is 1.61 bits per heavy atom. The van der Waals surface area contributed by atoms with Gasteiger partial charge in [-0.05, 0) is 67.4 Å². The Hall–Kier alpha value is -1.81. The predicted octanol–water partition coefficient (Wildman–Crippen LogP) is 9.27. The molecule has 0 saturated heterocycles. The van der Waals surface area contributed by atoms with Gasteiger partial charge in [-0.3, -0.25) is 0 Å². The number of unbranched alkanes of at least 4 members (excludes halogenated alkanes) is 5. The summed E-state index contributed by atoms with van der Waals surface area (Å²) in [7, 11) is 0. The lowest BCUT2D eigenvalue weighted by atomic mass is 9.58. The van der Waals surface area contributed by atoms with Gasteiger partial charge in [0.25, 0.3) is 0 Å². The Morgan fingerprint density at radius 1 is 0.903 bits per heavy atom. The van der Waals surface area contributed by atoms with Gasteiger partial charge in [-0.1, -0.05) is 107 Å². The number of nitrogens with zero attached hydrogens (tertiary/aromatic N) is 1. The first-order valence-corrected chi connectivity index (χ1v) is 13.0. The molecule has 2 aliphatic carbocycles. The highest BCUT2D eigenvalue weighted by Gasteiger charge is 2.43. The van der Waals surface area contributed by atoms with Crippen LogP contribution in [0.3, 0.4) is 0 Å². The molecule has 1 nitrogen and oxygen atoms in total. The minimum atomic E-state index is -0.0434. The van der Waals surface area contributed by atoms with Crippen molar-refractivity contribution >= 4 is 5.57 Å². The van der Waals surface area contributed by atoms with E-state index in [1.807, 2.05) is 0 Å². The zero-order valence-corrected chi connectivity index (χ0v) is 20.0. The molecule has 0 amide bonds. The summed E-state index contributed by atoms with van der Waals surface area (Å²) < 4.78 is 0. The van der Waals surface area contributed by atoms with Gasteiger partial charge in [-0.2, -0.15) is 5.26 Å². The first kappa shape index (κ1) is 23.8. The lowest BCUT2D eigenvalue weighted by Gasteiger charge is -2.45. The average Bonchev–Trinajstić information content (AvgIpc) is 2.84. The molecule has 1 atom stereocenters. The Kier molecular flexibility index (Phi) is 9.01. The van der Waals surface area contributed by atoms with Crippen molar-refractivity contribution in [3.63, 3.8) is 0 Å². The van der Waals surface area contributed by atoms with Crippen molar-refractivity contribution in [3.8, 4) is 6.07 Å². The van der Waals surface area contributed by atoms with Crippen LogP contribution < -0.4 is 0 Å². The maximum absolute atomic E-state index is 9.94. The first-order valence-electron chi connectivity index (χ1n) is 13.0. The molecule has 1 saturated carbocycles. The van der Waals surface area contributed by atoms with Gasteiger partial charge >= 0.3 is 0 Å². The maximum atomic E-state index is 9.94. The topological polar surface area (TPSA) is 23.8 Å². The first-order chi connectivity index (χ1) is 15.2. The van der Waals surface area contributed by atoms with Crippen LogP contribution in [-0.4, -0.2) is 0 Å². The average molecular weight is 418 g/mol. The second kappa shape index (κ2) is 11.7. The molecule has 1 unspecified atom stereocenters. The third kappa shape index (κ3) is 6.12. The van der Waals surface area contributed by atoms with Crippen molar-refractivity contribution in [2.75, 3.05) is 0 Å². The molecule has 1 aromatic carbocycles. The van der Waals surface area contributed by atoms with E-state index in [1.165, 1.54) is 81.8 Å². The third-order valence-corrected chi connectivity index (χ3v) is 8.15. The van der Waals surface area contributed by atoms with E-state index in [0.29, 0.717) is 5.41 Å². The summed E-state index contributed by atoms with van der Waals surface area (Å²) in [6.07, 6.45) is 24.9. The highest BCUT2D eigenvalue weighted by molar-refractivity contribution is 5.75. The second-order valence-electron chi connectivity index (χ2n) is 10.2. The molecule has 0 N–H and O–H groups in total. The highest BCUT2D eigenvalue weighted by Crippen LogP contribution is 2.53. The molecule has 0 heterocycles. The molecular weight excluding hydrogens is 374 g/mol. The van der Waals surface area contributed by atoms with Gasteiger partial charge in [0.1, 0.15) is 0 Å². The van der Waals surface area contributed by atoms with Crippen molar-refractivity contribution in [1.29, 1.82) is 5.26 Å². The fourth-order valence-corrected chi connectivity index (χ4v) is 5.96. The van der Waals surface area contributed by atoms with Gasteiger partial charge in [0.05, 0.1) is 11.5 Å². The summed E-state index contributed by atoms with van der Waals surface area (Å²) in [5.74, 6) is 0.728. The third-order valence-electron chi connectivity index (χ3n) is 8.15. The Bertz CT molecular complexity index is 757. The standard InChI is InChI=1S/C30H43N/c1-3-5-7-8-12-20-30(23-15-27(16-24-30)26-13-10-9-11-14-26)28-17-21-29(25-31,22-18-28)19-6-4-2/h9-11,13-16,23,28H,3-8,12,17-22,24H2,1-2H3. The van der Waals surface area contributed by atoms with Crippen LogP contribution in [0.25, 0.3) is 5.57 Å². The lowest BCUT2D eigenvalue weighted by molar-refractivity contribution is 0.101. The number of nitriles is 1. The zero-order valence-electron chi connectivity index (χ0n) is 20.0. The molecule has 168 valence electrons. The minimum Gasteiger partial charge on any atom is -0.198 e. The van der Waals surface area contributed by atoms with Crippen LogP contribution in [0.5, 0.6) is 0 Å². The van der Waals surface area contributed by atoms with Crippen molar-refractivity contribution in [2.45, 2.75) is 104 Å². The van der Waals surface area contributed by atoms with E-state index in [1.54, 1.807) is 0 Å². The molecule has 0 bridgehead atoms. The van der Waals surface area contributed by atoms with E-state index in [2.05, 4.69) is 68.5 Å². The van der Waals surface area contributed by atoms with Crippen LogP contribution in [0.1, 0.15) is 109 Å². The van der Waals surface area contributed by atoms with Crippen LogP contribution in [0, 0.1) is 28.1 Å². The molecule has 0 aromatic heterocycles. The van der Waals surface area contributed by atoms with Gasteiger partial charge in [0.2, 0.25) is 0 Å².